The lowest BCUT2D eigenvalue weighted by molar-refractivity contribution is -0.144. The van der Waals surface area contributed by atoms with Crippen molar-refractivity contribution in [2.45, 2.75) is 51.4 Å². The first-order valence-electron chi connectivity index (χ1n) is 7.90. The summed E-state index contributed by atoms with van der Waals surface area (Å²) in [5, 5.41) is 3.42. The lowest BCUT2D eigenvalue weighted by atomic mass is 10.1. The number of amides is 1. The summed E-state index contributed by atoms with van der Waals surface area (Å²) in [5.74, 6) is 0.242. The molecule has 3 unspecified atom stereocenters. The van der Waals surface area contributed by atoms with Crippen LogP contribution in [-0.2, 0) is 9.53 Å². The summed E-state index contributed by atoms with van der Waals surface area (Å²) >= 11 is 0. The van der Waals surface area contributed by atoms with Gasteiger partial charge < -0.3 is 15.0 Å². The predicted molar refractivity (Wildman–Crippen MR) is 87.0 cm³/mol. The summed E-state index contributed by atoms with van der Waals surface area (Å²) in [6.45, 7) is 8.23. The van der Waals surface area contributed by atoms with Crippen molar-refractivity contribution in [2.75, 3.05) is 39.8 Å². The summed E-state index contributed by atoms with van der Waals surface area (Å²) in [6.07, 6.45) is 3.83. The second-order valence-corrected chi connectivity index (χ2v) is 6.31. The number of carbonyl (C=O) groups excluding carboxylic acids is 1. The maximum absolute atomic E-state index is 12.4. The minimum Gasteiger partial charge on any atom is -0.372 e. The number of halogens is 1. The number of hydrogen-bond donors (Lipinski definition) is 1. The Morgan fingerprint density at radius 2 is 1.90 bits per heavy atom. The molecule has 2 aliphatic rings. The van der Waals surface area contributed by atoms with E-state index in [-0.39, 0.29) is 30.5 Å². The Hall–Kier alpha value is -0.360. The van der Waals surface area contributed by atoms with Gasteiger partial charge in [-0.25, -0.2) is 0 Å². The van der Waals surface area contributed by atoms with Crippen LogP contribution in [0, 0.1) is 0 Å². The molecule has 2 saturated heterocycles. The van der Waals surface area contributed by atoms with Gasteiger partial charge in [0.15, 0.2) is 0 Å². The van der Waals surface area contributed by atoms with Crippen LogP contribution in [-0.4, -0.2) is 73.7 Å². The van der Waals surface area contributed by atoms with Gasteiger partial charge in [0.05, 0.1) is 18.8 Å². The molecule has 2 heterocycles. The molecule has 2 aliphatic heterocycles. The zero-order valence-electron chi connectivity index (χ0n) is 13.5. The van der Waals surface area contributed by atoms with Gasteiger partial charge in [0.25, 0.3) is 0 Å². The summed E-state index contributed by atoms with van der Waals surface area (Å²) < 4.78 is 5.69. The molecule has 2 fully saturated rings. The number of nitrogens with zero attached hydrogens (tertiary/aromatic N) is 2. The fraction of sp³-hybridized carbons (Fsp3) is 0.933. The molecule has 0 aromatic heterocycles. The number of hydrogen-bond acceptors (Lipinski definition) is 4. The first-order valence-corrected chi connectivity index (χ1v) is 7.90. The van der Waals surface area contributed by atoms with Gasteiger partial charge >= 0.3 is 0 Å². The summed E-state index contributed by atoms with van der Waals surface area (Å²) in [4.78, 5) is 16.6. The SMILES string of the molecule is CC1CN(C(=O)CN(C)C2CCCNCC2)CC(C)O1.Cl. The van der Waals surface area contributed by atoms with Crippen LogP contribution >= 0.6 is 12.4 Å². The second kappa shape index (κ2) is 8.93. The van der Waals surface area contributed by atoms with E-state index in [0.717, 1.165) is 32.6 Å². The Bertz CT molecular complexity index is 312. The molecule has 2 rings (SSSR count). The third kappa shape index (κ3) is 5.74. The number of nitrogens with one attached hydrogen (secondary N) is 1. The van der Waals surface area contributed by atoms with Crippen LogP contribution < -0.4 is 5.32 Å². The zero-order valence-corrected chi connectivity index (χ0v) is 14.3. The molecule has 0 spiro atoms. The number of morpholine rings is 1. The maximum atomic E-state index is 12.4. The monoisotopic (exact) mass is 319 g/mol. The van der Waals surface area contributed by atoms with E-state index in [0.29, 0.717) is 12.6 Å². The third-order valence-electron chi connectivity index (χ3n) is 4.33. The fourth-order valence-electron chi connectivity index (χ4n) is 3.27. The van der Waals surface area contributed by atoms with Crippen LogP contribution in [0.5, 0.6) is 0 Å². The number of likely N-dealkylation sites (N-methyl/N-ethyl adjacent to an activating group) is 1. The summed E-state index contributed by atoms with van der Waals surface area (Å²) in [6, 6.07) is 0.532. The molecule has 0 bridgehead atoms. The molecule has 0 radical (unpaired) electrons. The molecule has 124 valence electrons. The molecule has 6 heteroatoms. The first-order chi connectivity index (χ1) is 9.56. The van der Waals surface area contributed by atoms with Gasteiger partial charge in [-0.05, 0) is 53.2 Å². The minimum atomic E-state index is 0. The van der Waals surface area contributed by atoms with E-state index in [1.807, 2.05) is 18.7 Å². The van der Waals surface area contributed by atoms with E-state index in [1.165, 1.54) is 12.8 Å². The van der Waals surface area contributed by atoms with Crippen molar-refractivity contribution >= 4 is 18.3 Å². The van der Waals surface area contributed by atoms with E-state index in [4.69, 9.17) is 4.74 Å². The number of carbonyl (C=O) groups is 1. The fourth-order valence-corrected chi connectivity index (χ4v) is 3.27. The quantitative estimate of drug-likeness (QED) is 0.846. The molecule has 1 N–H and O–H groups in total. The minimum absolute atomic E-state index is 0. The lowest BCUT2D eigenvalue weighted by Gasteiger charge is -2.37. The van der Waals surface area contributed by atoms with Crippen molar-refractivity contribution in [3.05, 3.63) is 0 Å². The van der Waals surface area contributed by atoms with Crippen molar-refractivity contribution < 1.29 is 9.53 Å². The van der Waals surface area contributed by atoms with Crippen molar-refractivity contribution in [3.63, 3.8) is 0 Å². The number of ether oxygens (including phenoxy) is 1. The Morgan fingerprint density at radius 3 is 2.57 bits per heavy atom. The molecule has 5 nitrogen and oxygen atoms in total. The van der Waals surface area contributed by atoms with Gasteiger partial charge in [0.2, 0.25) is 5.91 Å². The smallest absolute Gasteiger partial charge is 0.236 e. The molecule has 3 atom stereocenters. The highest BCUT2D eigenvalue weighted by Crippen LogP contribution is 2.14. The number of rotatable bonds is 3. The lowest BCUT2D eigenvalue weighted by Crippen LogP contribution is -2.51. The molecule has 0 aromatic rings. The highest BCUT2D eigenvalue weighted by Gasteiger charge is 2.27. The van der Waals surface area contributed by atoms with E-state index in [1.54, 1.807) is 0 Å². The maximum Gasteiger partial charge on any atom is 0.236 e. The van der Waals surface area contributed by atoms with Crippen molar-refractivity contribution in [2.24, 2.45) is 0 Å². The van der Waals surface area contributed by atoms with E-state index in [2.05, 4.69) is 17.3 Å². The average Bonchev–Trinajstić information content (AvgIpc) is 2.66. The van der Waals surface area contributed by atoms with Crippen LogP contribution in [0.4, 0.5) is 0 Å². The van der Waals surface area contributed by atoms with Gasteiger partial charge in [0.1, 0.15) is 0 Å². The van der Waals surface area contributed by atoms with Crippen molar-refractivity contribution in [3.8, 4) is 0 Å². The van der Waals surface area contributed by atoms with Crippen LogP contribution in [0.25, 0.3) is 0 Å². The molecular weight excluding hydrogens is 290 g/mol. The molecule has 21 heavy (non-hydrogen) atoms. The normalized spacial score (nSPS) is 30.7. The third-order valence-corrected chi connectivity index (χ3v) is 4.33. The van der Waals surface area contributed by atoms with Gasteiger partial charge in [-0.2, -0.15) is 0 Å². The summed E-state index contributed by atoms with van der Waals surface area (Å²) in [7, 11) is 2.08. The van der Waals surface area contributed by atoms with Crippen molar-refractivity contribution in [1.29, 1.82) is 0 Å². The van der Waals surface area contributed by atoms with Gasteiger partial charge in [-0.15, -0.1) is 12.4 Å². The molecule has 0 aromatic carbocycles. The molecule has 0 saturated carbocycles. The van der Waals surface area contributed by atoms with E-state index < -0.39 is 0 Å². The standard InChI is InChI=1S/C15H29N3O2.ClH/c1-12-9-18(10-13(2)20-12)15(19)11-17(3)14-5-4-7-16-8-6-14;/h12-14,16H,4-11H2,1-3H3;1H. The van der Waals surface area contributed by atoms with Crippen molar-refractivity contribution in [1.82, 2.24) is 15.1 Å². The van der Waals surface area contributed by atoms with Gasteiger partial charge in [-0.3, -0.25) is 9.69 Å². The van der Waals surface area contributed by atoms with Gasteiger partial charge in [-0.1, -0.05) is 0 Å². The second-order valence-electron chi connectivity index (χ2n) is 6.31. The Morgan fingerprint density at radius 1 is 1.24 bits per heavy atom. The van der Waals surface area contributed by atoms with E-state index in [9.17, 15) is 4.79 Å². The zero-order chi connectivity index (χ0) is 14.5. The largest absolute Gasteiger partial charge is 0.372 e. The highest BCUT2D eigenvalue weighted by atomic mass is 35.5. The Labute approximate surface area is 134 Å². The topological polar surface area (TPSA) is 44.8 Å². The Balaban J connectivity index is 0.00000220. The highest BCUT2D eigenvalue weighted by molar-refractivity contribution is 5.85. The predicted octanol–water partition coefficient (Wildman–Crippen LogP) is 1.12. The molecular formula is C15H30ClN3O2. The summed E-state index contributed by atoms with van der Waals surface area (Å²) in [5.41, 5.74) is 0. The van der Waals surface area contributed by atoms with Crippen LogP contribution in [0.3, 0.4) is 0 Å². The molecule has 1 amide bonds. The van der Waals surface area contributed by atoms with E-state index >= 15 is 0 Å². The van der Waals surface area contributed by atoms with Gasteiger partial charge in [0, 0.05) is 19.1 Å². The first kappa shape index (κ1) is 18.7. The molecule has 0 aliphatic carbocycles. The Kier molecular flexibility index (Phi) is 7.95. The van der Waals surface area contributed by atoms with Crippen LogP contribution in [0.15, 0.2) is 0 Å². The van der Waals surface area contributed by atoms with Crippen LogP contribution in [0.1, 0.15) is 33.1 Å². The van der Waals surface area contributed by atoms with Crippen LogP contribution in [0.2, 0.25) is 0 Å². The average molecular weight is 320 g/mol.